The highest BCUT2D eigenvalue weighted by Crippen LogP contribution is 2.27. The van der Waals surface area contributed by atoms with E-state index in [0.29, 0.717) is 21.6 Å². The van der Waals surface area contributed by atoms with Gasteiger partial charge in [0.1, 0.15) is 0 Å². The molecule has 7 heteroatoms. The van der Waals surface area contributed by atoms with Crippen molar-refractivity contribution in [3.05, 3.63) is 63.7 Å². The van der Waals surface area contributed by atoms with Crippen molar-refractivity contribution in [1.29, 1.82) is 0 Å². The molecule has 0 radical (unpaired) electrons. The number of fused-ring (bicyclic) bond motifs is 1. The molecule has 0 atom stereocenters. The van der Waals surface area contributed by atoms with Gasteiger partial charge in [-0.3, -0.25) is 14.2 Å². The standard InChI is InChI=1S/C20H21ClN4O2/c1-13-5-4-6-15-19(13)22-12-25(20(15)27)10-9-18(26)23-14-7-8-17(24(2)3)16(21)11-14/h4-8,11-12H,9-10H2,1-3H3,(H,23,26). The van der Waals surface area contributed by atoms with Crippen molar-refractivity contribution in [2.75, 3.05) is 24.3 Å². The molecule has 0 bridgehead atoms. The molecule has 0 fully saturated rings. The third-order valence-corrected chi connectivity index (χ3v) is 4.65. The minimum absolute atomic E-state index is 0.144. The van der Waals surface area contributed by atoms with Crippen LogP contribution in [0.4, 0.5) is 11.4 Å². The first-order valence-electron chi connectivity index (χ1n) is 8.58. The van der Waals surface area contributed by atoms with Gasteiger partial charge in [0.05, 0.1) is 27.9 Å². The maximum atomic E-state index is 12.6. The van der Waals surface area contributed by atoms with E-state index < -0.39 is 0 Å². The van der Waals surface area contributed by atoms with Crippen molar-refractivity contribution < 1.29 is 4.79 Å². The molecule has 3 rings (SSSR count). The molecule has 1 N–H and O–H groups in total. The smallest absolute Gasteiger partial charge is 0.261 e. The van der Waals surface area contributed by atoms with Gasteiger partial charge in [-0.25, -0.2) is 4.98 Å². The summed E-state index contributed by atoms with van der Waals surface area (Å²) in [5.41, 5.74) is 3.00. The number of rotatable bonds is 5. The van der Waals surface area contributed by atoms with Crippen LogP contribution in [-0.2, 0) is 11.3 Å². The molecule has 140 valence electrons. The molecule has 1 aromatic heterocycles. The number of para-hydroxylation sites is 1. The third-order valence-electron chi connectivity index (χ3n) is 4.35. The average molecular weight is 385 g/mol. The van der Waals surface area contributed by atoms with E-state index in [2.05, 4.69) is 10.3 Å². The quantitative estimate of drug-likeness (QED) is 0.731. The zero-order valence-corrected chi connectivity index (χ0v) is 16.2. The minimum Gasteiger partial charge on any atom is -0.376 e. The second-order valence-corrected chi connectivity index (χ2v) is 6.98. The predicted octanol–water partition coefficient (Wildman–Crippen LogP) is 3.45. The maximum absolute atomic E-state index is 12.6. The largest absolute Gasteiger partial charge is 0.376 e. The first kappa shape index (κ1) is 18.9. The van der Waals surface area contributed by atoms with E-state index in [1.54, 1.807) is 18.2 Å². The molecule has 0 aliphatic carbocycles. The van der Waals surface area contributed by atoms with Crippen molar-refractivity contribution in [2.24, 2.45) is 0 Å². The Morgan fingerprint density at radius 1 is 1.26 bits per heavy atom. The van der Waals surface area contributed by atoms with E-state index in [0.717, 1.165) is 11.3 Å². The first-order valence-corrected chi connectivity index (χ1v) is 8.96. The highest BCUT2D eigenvalue weighted by molar-refractivity contribution is 6.33. The number of hydrogen-bond donors (Lipinski definition) is 1. The normalized spacial score (nSPS) is 10.8. The van der Waals surface area contributed by atoms with Gasteiger partial charge >= 0.3 is 0 Å². The summed E-state index contributed by atoms with van der Waals surface area (Å²) in [4.78, 5) is 31.1. The van der Waals surface area contributed by atoms with E-state index in [4.69, 9.17) is 11.6 Å². The van der Waals surface area contributed by atoms with Crippen LogP contribution < -0.4 is 15.8 Å². The number of aryl methyl sites for hydroxylation is 2. The zero-order valence-electron chi connectivity index (χ0n) is 15.5. The fourth-order valence-electron chi connectivity index (χ4n) is 2.89. The van der Waals surface area contributed by atoms with Crippen LogP contribution in [-0.4, -0.2) is 29.6 Å². The maximum Gasteiger partial charge on any atom is 0.261 e. The summed E-state index contributed by atoms with van der Waals surface area (Å²) in [6.07, 6.45) is 1.65. The number of aromatic nitrogens is 2. The molecule has 1 amide bonds. The molecule has 3 aromatic rings. The summed E-state index contributed by atoms with van der Waals surface area (Å²) in [6.45, 7) is 2.17. The summed E-state index contributed by atoms with van der Waals surface area (Å²) in [5, 5.41) is 3.92. The van der Waals surface area contributed by atoms with Crippen LogP contribution in [0.25, 0.3) is 10.9 Å². The third kappa shape index (κ3) is 4.11. The average Bonchev–Trinajstić information content (AvgIpc) is 2.61. The Labute approximate surface area is 162 Å². The zero-order chi connectivity index (χ0) is 19.6. The van der Waals surface area contributed by atoms with Crippen LogP contribution in [0.5, 0.6) is 0 Å². The summed E-state index contributed by atoms with van der Waals surface area (Å²) in [6, 6.07) is 10.9. The van der Waals surface area contributed by atoms with Gasteiger partial charge in [-0.2, -0.15) is 0 Å². The number of benzene rings is 2. The molecule has 0 aliphatic rings. The Kier molecular flexibility index (Phi) is 5.46. The Hall–Kier alpha value is -2.86. The van der Waals surface area contributed by atoms with Gasteiger partial charge in [-0.05, 0) is 36.8 Å². The Morgan fingerprint density at radius 3 is 2.74 bits per heavy atom. The summed E-state index contributed by atoms with van der Waals surface area (Å²) >= 11 is 6.22. The van der Waals surface area contributed by atoms with Crippen LogP contribution >= 0.6 is 11.6 Å². The van der Waals surface area contributed by atoms with Crippen LogP contribution in [0.1, 0.15) is 12.0 Å². The van der Waals surface area contributed by atoms with Crippen LogP contribution in [0.2, 0.25) is 5.02 Å². The number of halogens is 1. The van der Waals surface area contributed by atoms with E-state index in [1.165, 1.54) is 10.9 Å². The van der Waals surface area contributed by atoms with Gasteiger partial charge in [-0.15, -0.1) is 0 Å². The van der Waals surface area contributed by atoms with Crippen molar-refractivity contribution in [2.45, 2.75) is 19.9 Å². The lowest BCUT2D eigenvalue weighted by molar-refractivity contribution is -0.116. The number of nitrogens with one attached hydrogen (secondary N) is 1. The lowest BCUT2D eigenvalue weighted by Gasteiger charge is -2.15. The van der Waals surface area contributed by atoms with Crippen LogP contribution in [0.15, 0.2) is 47.5 Å². The fraction of sp³-hybridized carbons (Fsp3) is 0.250. The summed E-state index contributed by atoms with van der Waals surface area (Å²) in [5.74, 6) is -0.195. The Balaban J connectivity index is 1.69. The molecule has 27 heavy (non-hydrogen) atoms. The number of nitrogens with zero attached hydrogens (tertiary/aromatic N) is 3. The number of carbonyl (C=O) groups is 1. The number of hydrogen-bond acceptors (Lipinski definition) is 4. The summed E-state index contributed by atoms with van der Waals surface area (Å²) in [7, 11) is 3.80. The van der Waals surface area contributed by atoms with Crippen molar-refractivity contribution in [3.8, 4) is 0 Å². The Morgan fingerprint density at radius 2 is 2.04 bits per heavy atom. The van der Waals surface area contributed by atoms with Gasteiger partial charge in [0.15, 0.2) is 0 Å². The van der Waals surface area contributed by atoms with Gasteiger partial charge in [-0.1, -0.05) is 23.7 Å². The fourth-order valence-corrected chi connectivity index (χ4v) is 3.24. The van der Waals surface area contributed by atoms with E-state index in [9.17, 15) is 9.59 Å². The van der Waals surface area contributed by atoms with Crippen LogP contribution in [0.3, 0.4) is 0 Å². The molecule has 0 saturated carbocycles. The molecule has 6 nitrogen and oxygen atoms in total. The van der Waals surface area contributed by atoms with Gasteiger partial charge in [0, 0.05) is 32.7 Å². The minimum atomic E-state index is -0.195. The highest BCUT2D eigenvalue weighted by Gasteiger charge is 2.09. The first-order chi connectivity index (χ1) is 12.9. The second kappa shape index (κ2) is 7.80. The molecule has 1 heterocycles. The van der Waals surface area contributed by atoms with Gasteiger partial charge in [0.2, 0.25) is 5.91 Å². The molecule has 0 spiro atoms. The molecule has 0 unspecified atom stereocenters. The van der Waals surface area contributed by atoms with Crippen molar-refractivity contribution >= 4 is 39.8 Å². The van der Waals surface area contributed by atoms with Gasteiger partial charge < -0.3 is 10.2 Å². The molecule has 2 aromatic carbocycles. The molecular formula is C20H21ClN4O2. The summed E-state index contributed by atoms with van der Waals surface area (Å²) < 4.78 is 1.46. The molecular weight excluding hydrogens is 364 g/mol. The highest BCUT2D eigenvalue weighted by atomic mass is 35.5. The molecule has 0 saturated heterocycles. The lowest BCUT2D eigenvalue weighted by atomic mass is 10.1. The predicted molar refractivity (Wildman–Crippen MR) is 110 cm³/mol. The topological polar surface area (TPSA) is 67.2 Å². The van der Waals surface area contributed by atoms with Crippen molar-refractivity contribution in [1.82, 2.24) is 9.55 Å². The number of anilines is 2. The van der Waals surface area contributed by atoms with Crippen molar-refractivity contribution in [3.63, 3.8) is 0 Å². The van der Waals surface area contributed by atoms with E-state index >= 15 is 0 Å². The van der Waals surface area contributed by atoms with E-state index in [1.807, 2.05) is 44.1 Å². The lowest BCUT2D eigenvalue weighted by Crippen LogP contribution is -2.23. The second-order valence-electron chi connectivity index (χ2n) is 6.57. The molecule has 0 aliphatic heterocycles. The number of amides is 1. The SMILES string of the molecule is Cc1cccc2c(=O)n(CCC(=O)Nc3ccc(N(C)C)c(Cl)c3)cnc12. The number of carbonyl (C=O) groups excluding carboxylic acids is 1. The van der Waals surface area contributed by atoms with E-state index in [-0.39, 0.29) is 24.4 Å². The monoisotopic (exact) mass is 384 g/mol. The Bertz CT molecular complexity index is 1060. The van der Waals surface area contributed by atoms with Crippen LogP contribution in [0, 0.1) is 6.92 Å². The van der Waals surface area contributed by atoms with Gasteiger partial charge in [0.25, 0.3) is 5.56 Å².